The first-order valence-corrected chi connectivity index (χ1v) is 12.5. The fourth-order valence-electron chi connectivity index (χ4n) is 3.81. The maximum absolute atomic E-state index is 13.1. The van der Waals surface area contributed by atoms with Crippen molar-refractivity contribution >= 4 is 40.6 Å². The average Bonchev–Trinajstić information content (AvgIpc) is 3.12. The van der Waals surface area contributed by atoms with E-state index in [1.807, 2.05) is 30.3 Å². The summed E-state index contributed by atoms with van der Waals surface area (Å²) >= 11 is 1.27. The van der Waals surface area contributed by atoms with Gasteiger partial charge in [-0.05, 0) is 50.2 Å². The van der Waals surface area contributed by atoms with E-state index >= 15 is 0 Å². The first-order valence-electron chi connectivity index (χ1n) is 11.6. The first kappa shape index (κ1) is 26.4. The topological polar surface area (TPSA) is 128 Å². The number of benzene rings is 3. The minimum Gasteiger partial charge on any atom is -0.322 e. The Morgan fingerprint density at radius 2 is 1.68 bits per heavy atom. The van der Waals surface area contributed by atoms with Crippen LogP contribution in [0.5, 0.6) is 0 Å². The molecule has 38 heavy (non-hydrogen) atoms. The Morgan fingerprint density at radius 3 is 2.39 bits per heavy atom. The summed E-state index contributed by atoms with van der Waals surface area (Å²) in [5.41, 5.74) is 1.66. The third-order valence-electron chi connectivity index (χ3n) is 5.90. The number of hydrogen-bond acceptors (Lipinski definition) is 6. The molecule has 0 saturated heterocycles. The summed E-state index contributed by atoms with van der Waals surface area (Å²) in [6.07, 6.45) is 0. The summed E-state index contributed by atoms with van der Waals surface area (Å²) in [5, 5.41) is 15.9. The van der Waals surface area contributed by atoms with Gasteiger partial charge in [0.15, 0.2) is 0 Å². The number of rotatable bonds is 8. The van der Waals surface area contributed by atoms with Gasteiger partial charge in [-0.3, -0.25) is 29.2 Å². The number of amides is 2. The molecule has 4 rings (SSSR count). The van der Waals surface area contributed by atoms with Gasteiger partial charge in [-0.2, -0.15) is 0 Å². The van der Waals surface area contributed by atoms with Crippen molar-refractivity contribution in [3.05, 3.63) is 111 Å². The van der Waals surface area contributed by atoms with E-state index in [9.17, 15) is 24.5 Å². The molecule has 0 radical (unpaired) electrons. The number of hydrogen-bond donors (Lipinski definition) is 2. The third-order valence-corrected chi connectivity index (χ3v) is 6.99. The van der Waals surface area contributed by atoms with E-state index in [4.69, 9.17) is 0 Å². The maximum atomic E-state index is 13.1. The van der Waals surface area contributed by atoms with E-state index in [0.717, 1.165) is 4.90 Å². The van der Waals surface area contributed by atoms with Crippen LogP contribution in [0.15, 0.2) is 88.6 Å². The van der Waals surface area contributed by atoms with E-state index in [0.29, 0.717) is 17.1 Å². The van der Waals surface area contributed by atoms with Crippen LogP contribution in [0.1, 0.15) is 23.0 Å². The molecule has 2 amide bonds. The Balaban J connectivity index is 1.45. The molecule has 194 valence electrons. The zero-order valence-corrected chi connectivity index (χ0v) is 21.7. The number of carbonyl (C=O) groups is 2. The lowest BCUT2D eigenvalue weighted by atomic mass is 10.2. The number of anilines is 2. The lowest BCUT2D eigenvalue weighted by molar-refractivity contribution is -0.384. The highest BCUT2D eigenvalue weighted by Crippen LogP contribution is 2.27. The second kappa shape index (κ2) is 11.2. The normalized spacial score (nSPS) is 11.6. The number of carbonyl (C=O) groups excluding carboxylic acids is 2. The van der Waals surface area contributed by atoms with Crippen LogP contribution in [0, 0.1) is 17.0 Å². The highest BCUT2D eigenvalue weighted by Gasteiger charge is 2.22. The summed E-state index contributed by atoms with van der Waals surface area (Å²) in [6, 6.07) is 21.5. The lowest BCUT2D eigenvalue weighted by Crippen LogP contribution is -2.27. The number of para-hydroxylation sites is 1. The van der Waals surface area contributed by atoms with Crippen LogP contribution in [-0.2, 0) is 11.8 Å². The molecule has 0 saturated carbocycles. The van der Waals surface area contributed by atoms with Gasteiger partial charge in [0, 0.05) is 35.3 Å². The van der Waals surface area contributed by atoms with Gasteiger partial charge in [-0.1, -0.05) is 30.3 Å². The number of thioether (sulfide) groups is 1. The van der Waals surface area contributed by atoms with E-state index in [1.54, 1.807) is 49.8 Å². The summed E-state index contributed by atoms with van der Waals surface area (Å²) in [6.45, 7) is 3.49. The lowest BCUT2D eigenvalue weighted by Gasteiger charge is -2.12. The van der Waals surface area contributed by atoms with Crippen molar-refractivity contribution in [2.45, 2.75) is 24.0 Å². The molecule has 0 fully saturated rings. The Bertz CT molecular complexity index is 1580. The second-order valence-electron chi connectivity index (χ2n) is 8.48. The molecule has 3 aromatic carbocycles. The standard InChI is InChI=1S/C27H25N5O5S/c1-17-24(27(35)31(30(17)3)21-11-5-4-6-12-21)29-25(33)18(2)38-23-14-8-10-20(16-23)28-26(34)19-9-7-13-22(15-19)32(36)37/h4-16,18H,1-3H3,(H,28,34)(H,29,33). The highest BCUT2D eigenvalue weighted by molar-refractivity contribution is 8.00. The molecule has 0 spiro atoms. The van der Waals surface area contributed by atoms with Gasteiger partial charge < -0.3 is 10.6 Å². The van der Waals surface area contributed by atoms with Crippen molar-refractivity contribution in [3.63, 3.8) is 0 Å². The predicted molar refractivity (Wildman–Crippen MR) is 147 cm³/mol. The Hall–Kier alpha value is -4.64. The molecule has 0 aliphatic rings. The van der Waals surface area contributed by atoms with Crippen LogP contribution in [0.25, 0.3) is 5.69 Å². The van der Waals surface area contributed by atoms with Crippen molar-refractivity contribution in [1.29, 1.82) is 0 Å². The number of nitrogens with zero attached hydrogens (tertiary/aromatic N) is 3. The average molecular weight is 532 g/mol. The molecule has 10 nitrogen and oxygen atoms in total. The Kier molecular flexibility index (Phi) is 7.77. The number of nitrogens with one attached hydrogen (secondary N) is 2. The van der Waals surface area contributed by atoms with Gasteiger partial charge in [0.1, 0.15) is 5.69 Å². The molecule has 11 heteroatoms. The van der Waals surface area contributed by atoms with Crippen LogP contribution in [0.2, 0.25) is 0 Å². The quantitative estimate of drug-likeness (QED) is 0.192. The van der Waals surface area contributed by atoms with Crippen LogP contribution in [-0.4, -0.2) is 31.4 Å². The summed E-state index contributed by atoms with van der Waals surface area (Å²) < 4.78 is 3.19. The smallest absolute Gasteiger partial charge is 0.295 e. The van der Waals surface area contributed by atoms with Crippen LogP contribution >= 0.6 is 11.8 Å². The van der Waals surface area contributed by atoms with E-state index in [2.05, 4.69) is 10.6 Å². The van der Waals surface area contributed by atoms with E-state index < -0.39 is 16.1 Å². The zero-order valence-electron chi connectivity index (χ0n) is 20.9. The van der Waals surface area contributed by atoms with Crippen molar-refractivity contribution in [3.8, 4) is 5.69 Å². The number of nitro groups is 1. The minimum absolute atomic E-state index is 0.157. The molecular weight excluding hydrogens is 506 g/mol. The largest absolute Gasteiger partial charge is 0.322 e. The second-order valence-corrected chi connectivity index (χ2v) is 9.89. The van der Waals surface area contributed by atoms with E-state index in [-0.39, 0.29) is 28.4 Å². The van der Waals surface area contributed by atoms with Gasteiger partial charge in [-0.15, -0.1) is 11.8 Å². The molecule has 1 atom stereocenters. The molecule has 0 aliphatic heterocycles. The minimum atomic E-state index is -0.561. The number of aromatic nitrogens is 2. The van der Waals surface area contributed by atoms with Crippen molar-refractivity contribution in [2.75, 3.05) is 10.6 Å². The third kappa shape index (κ3) is 5.68. The zero-order chi connectivity index (χ0) is 27.4. The van der Waals surface area contributed by atoms with Crippen LogP contribution in [0.4, 0.5) is 17.1 Å². The SMILES string of the molecule is Cc1c(NC(=O)C(C)Sc2cccc(NC(=O)c3cccc([N+](=O)[O-])c3)c2)c(=O)n(-c2ccccc2)n1C. The Morgan fingerprint density at radius 1 is 0.974 bits per heavy atom. The van der Waals surface area contributed by atoms with Crippen LogP contribution in [0.3, 0.4) is 0 Å². The molecule has 0 bridgehead atoms. The van der Waals surface area contributed by atoms with Gasteiger partial charge in [0.05, 0.1) is 21.6 Å². The molecular formula is C27H25N5O5S. The number of non-ortho nitro benzene ring substituents is 1. The van der Waals surface area contributed by atoms with Crippen molar-refractivity contribution in [1.82, 2.24) is 9.36 Å². The van der Waals surface area contributed by atoms with Gasteiger partial charge in [0.2, 0.25) is 5.91 Å². The summed E-state index contributed by atoms with van der Waals surface area (Å²) in [5.74, 6) is -0.831. The number of nitro benzene ring substituents is 1. The fourth-order valence-corrected chi connectivity index (χ4v) is 4.73. The van der Waals surface area contributed by atoms with Crippen LogP contribution < -0.4 is 16.2 Å². The van der Waals surface area contributed by atoms with E-state index in [1.165, 1.54) is 40.7 Å². The Labute approximate surface area is 222 Å². The monoisotopic (exact) mass is 531 g/mol. The molecule has 2 N–H and O–H groups in total. The molecule has 1 heterocycles. The molecule has 1 unspecified atom stereocenters. The predicted octanol–water partition coefficient (Wildman–Crippen LogP) is 4.76. The first-order chi connectivity index (χ1) is 18.2. The summed E-state index contributed by atoms with van der Waals surface area (Å²) in [4.78, 5) is 49.8. The van der Waals surface area contributed by atoms with Crippen molar-refractivity contribution < 1.29 is 14.5 Å². The molecule has 4 aromatic rings. The maximum Gasteiger partial charge on any atom is 0.295 e. The van der Waals surface area contributed by atoms with Crippen molar-refractivity contribution in [2.24, 2.45) is 7.05 Å². The molecule has 0 aliphatic carbocycles. The van der Waals surface area contributed by atoms with Gasteiger partial charge in [-0.25, -0.2) is 4.68 Å². The fraction of sp³-hybridized carbons (Fsp3) is 0.148. The van der Waals surface area contributed by atoms with Gasteiger partial charge in [0.25, 0.3) is 17.2 Å². The molecule has 1 aromatic heterocycles. The van der Waals surface area contributed by atoms with Gasteiger partial charge >= 0.3 is 0 Å². The summed E-state index contributed by atoms with van der Waals surface area (Å²) in [7, 11) is 1.75. The highest BCUT2D eigenvalue weighted by atomic mass is 32.2.